The van der Waals surface area contributed by atoms with Crippen LogP contribution in [0.4, 0.5) is 17.1 Å². The molecule has 9 heteroatoms. The monoisotopic (exact) mass is 451 g/mol. The second-order valence-corrected chi connectivity index (χ2v) is 8.04. The molecule has 164 valence electrons. The van der Waals surface area contributed by atoms with Gasteiger partial charge in [0.2, 0.25) is 17.7 Å². The van der Waals surface area contributed by atoms with E-state index in [1.54, 1.807) is 83.5 Å². The van der Waals surface area contributed by atoms with E-state index in [9.17, 15) is 14.4 Å². The average molecular weight is 452 g/mol. The Labute approximate surface area is 190 Å². The predicted molar refractivity (Wildman–Crippen MR) is 123 cm³/mol. The van der Waals surface area contributed by atoms with Crippen LogP contribution in [0.2, 0.25) is 5.02 Å². The normalized spacial score (nSPS) is 16.6. The topological polar surface area (TPSA) is 96.3 Å². The fourth-order valence-electron chi connectivity index (χ4n) is 3.57. The summed E-state index contributed by atoms with van der Waals surface area (Å²) in [5.41, 5.74) is 1.76. The highest BCUT2D eigenvalue weighted by atomic mass is 35.5. The van der Waals surface area contributed by atoms with Crippen molar-refractivity contribution in [1.29, 1.82) is 0 Å². The second kappa shape index (κ2) is 9.23. The maximum Gasteiger partial charge on any atom is 0.248 e. The van der Waals surface area contributed by atoms with E-state index < -0.39 is 12.0 Å². The molecule has 2 aromatic carbocycles. The minimum Gasteiger partial charge on any atom is -0.326 e. The van der Waals surface area contributed by atoms with Crippen LogP contribution >= 0.6 is 11.6 Å². The summed E-state index contributed by atoms with van der Waals surface area (Å²) in [6.45, 7) is 2.03. The van der Waals surface area contributed by atoms with E-state index in [0.717, 1.165) is 0 Å². The van der Waals surface area contributed by atoms with Crippen molar-refractivity contribution in [3.63, 3.8) is 0 Å². The lowest BCUT2D eigenvalue weighted by Crippen LogP contribution is -2.28. The Balaban J connectivity index is 1.38. The van der Waals surface area contributed by atoms with Crippen LogP contribution in [0.25, 0.3) is 0 Å². The van der Waals surface area contributed by atoms with Gasteiger partial charge < -0.3 is 15.5 Å². The highest BCUT2D eigenvalue weighted by molar-refractivity contribution is 6.31. The van der Waals surface area contributed by atoms with E-state index >= 15 is 0 Å². The predicted octanol–water partition coefficient (Wildman–Crippen LogP) is 3.73. The zero-order chi connectivity index (χ0) is 22.7. The first-order chi connectivity index (χ1) is 15.4. The third-order valence-corrected chi connectivity index (χ3v) is 5.55. The molecule has 1 aliphatic rings. The number of anilines is 3. The first kappa shape index (κ1) is 21.6. The molecule has 4 rings (SSSR count). The molecule has 2 heterocycles. The molecule has 2 atom stereocenters. The summed E-state index contributed by atoms with van der Waals surface area (Å²) in [6.07, 6.45) is 3.45. The molecule has 1 fully saturated rings. The number of halogens is 1. The van der Waals surface area contributed by atoms with Crippen molar-refractivity contribution in [3.05, 3.63) is 72.0 Å². The van der Waals surface area contributed by atoms with Gasteiger partial charge in [0, 0.05) is 47.4 Å². The van der Waals surface area contributed by atoms with Gasteiger partial charge in [0.15, 0.2) is 0 Å². The zero-order valence-corrected chi connectivity index (χ0v) is 18.1. The lowest BCUT2D eigenvalue weighted by atomic mass is 10.1. The minimum absolute atomic E-state index is 0.121. The van der Waals surface area contributed by atoms with E-state index in [2.05, 4.69) is 15.7 Å². The minimum atomic E-state index is -0.487. The molecule has 0 radical (unpaired) electrons. The van der Waals surface area contributed by atoms with Gasteiger partial charge in [-0.25, -0.2) is 0 Å². The molecule has 1 aromatic heterocycles. The quantitative estimate of drug-likeness (QED) is 0.596. The van der Waals surface area contributed by atoms with Crippen molar-refractivity contribution < 1.29 is 14.4 Å². The molecule has 1 aliphatic heterocycles. The van der Waals surface area contributed by atoms with Crippen molar-refractivity contribution >= 4 is 46.4 Å². The van der Waals surface area contributed by atoms with Crippen LogP contribution < -0.4 is 15.5 Å². The van der Waals surface area contributed by atoms with Crippen molar-refractivity contribution in [2.24, 2.45) is 5.92 Å². The van der Waals surface area contributed by atoms with Gasteiger partial charge in [-0.3, -0.25) is 19.1 Å². The highest BCUT2D eigenvalue weighted by Crippen LogP contribution is 2.28. The lowest BCUT2D eigenvalue weighted by Gasteiger charge is -2.17. The third kappa shape index (κ3) is 4.81. The Hall–Kier alpha value is -3.65. The van der Waals surface area contributed by atoms with E-state index in [0.29, 0.717) is 22.1 Å². The van der Waals surface area contributed by atoms with Crippen LogP contribution in [0.15, 0.2) is 67.0 Å². The molecule has 0 saturated carbocycles. The van der Waals surface area contributed by atoms with E-state index in [1.165, 1.54) is 0 Å². The van der Waals surface area contributed by atoms with Crippen LogP contribution in [-0.4, -0.2) is 34.0 Å². The number of rotatable bonds is 6. The Morgan fingerprint density at radius 3 is 2.56 bits per heavy atom. The number of nitrogens with one attached hydrogen (secondary N) is 2. The average Bonchev–Trinajstić information content (AvgIpc) is 3.43. The summed E-state index contributed by atoms with van der Waals surface area (Å²) in [5, 5.41) is 10.3. The Bertz CT molecular complexity index is 1150. The lowest BCUT2D eigenvalue weighted by molar-refractivity contribution is -0.122. The molecule has 0 spiro atoms. The van der Waals surface area contributed by atoms with Gasteiger partial charge in [0.05, 0.1) is 5.92 Å². The maximum atomic E-state index is 12.8. The summed E-state index contributed by atoms with van der Waals surface area (Å²) in [5.74, 6) is -1.09. The fourth-order valence-corrected chi connectivity index (χ4v) is 3.76. The number of amides is 3. The van der Waals surface area contributed by atoms with Gasteiger partial charge in [0.25, 0.3) is 0 Å². The SMILES string of the molecule is CC(C(=O)Nc1cccc(NC(=O)C2CC(=O)N(c3cccc(Cl)c3)C2)c1)n1cccn1. The van der Waals surface area contributed by atoms with Crippen LogP contribution in [0.1, 0.15) is 19.4 Å². The molecule has 2 N–H and O–H groups in total. The molecule has 32 heavy (non-hydrogen) atoms. The molecular formula is C23H22ClN5O3. The molecular weight excluding hydrogens is 430 g/mol. The summed E-state index contributed by atoms with van der Waals surface area (Å²) < 4.78 is 1.56. The zero-order valence-electron chi connectivity index (χ0n) is 17.4. The van der Waals surface area contributed by atoms with E-state index in [1.807, 2.05) is 0 Å². The van der Waals surface area contributed by atoms with Crippen LogP contribution in [0, 0.1) is 5.92 Å². The Morgan fingerprint density at radius 1 is 1.09 bits per heavy atom. The Kier molecular flexibility index (Phi) is 6.23. The van der Waals surface area contributed by atoms with Gasteiger partial charge in [0.1, 0.15) is 6.04 Å². The van der Waals surface area contributed by atoms with Crippen LogP contribution in [0.3, 0.4) is 0 Å². The summed E-state index contributed by atoms with van der Waals surface area (Å²) in [4.78, 5) is 39.3. The fraction of sp³-hybridized carbons (Fsp3) is 0.217. The highest BCUT2D eigenvalue weighted by Gasteiger charge is 2.35. The number of aromatic nitrogens is 2. The maximum absolute atomic E-state index is 12.8. The summed E-state index contributed by atoms with van der Waals surface area (Å²) in [6, 6.07) is 15.2. The number of hydrogen-bond acceptors (Lipinski definition) is 4. The third-order valence-electron chi connectivity index (χ3n) is 5.31. The number of hydrogen-bond donors (Lipinski definition) is 2. The van der Waals surface area contributed by atoms with Gasteiger partial charge in [-0.05, 0) is 49.4 Å². The number of carbonyl (C=O) groups excluding carboxylic acids is 3. The first-order valence-corrected chi connectivity index (χ1v) is 10.6. The second-order valence-electron chi connectivity index (χ2n) is 7.61. The summed E-state index contributed by atoms with van der Waals surface area (Å²) in [7, 11) is 0. The molecule has 1 saturated heterocycles. The standard InChI is InChI=1S/C23H22ClN5O3/c1-15(29-10-4-9-25-29)22(31)26-18-6-3-7-19(13-18)27-23(32)16-11-21(30)28(14-16)20-8-2-5-17(24)12-20/h2-10,12-13,15-16H,11,14H2,1H3,(H,26,31)(H,27,32). The van der Waals surface area contributed by atoms with Gasteiger partial charge in [-0.2, -0.15) is 5.10 Å². The van der Waals surface area contributed by atoms with Crippen molar-refractivity contribution in [3.8, 4) is 0 Å². The number of nitrogens with zero attached hydrogens (tertiary/aromatic N) is 3. The first-order valence-electron chi connectivity index (χ1n) is 10.2. The molecule has 3 aromatic rings. The molecule has 3 amide bonds. The molecule has 0 aliphatic carbocycles. The molecule has 8 nitrogen and oxygen atoms in total. The van der Waals surface area contributed by atoms with Crippen molar-refractivity contribution in [1.82, 2.24) is 9.78 Å². The molecule has 2 unspecified atom stereocenters. The van der Waals surface area contributed by atoms with Gasteiger partial charge in [-0.1, -0.05) is 23.7 Å². The largest absolute Gasteiger partial charge is 0.326 e. The molecule has 0 bridgehead atoms. The van der Waals surface area contributed by atoms with E-state index in [-0.39, 0.29) is 30.7 Å². The number of benzene rings is 2. The van der Waals surface area contributed by atoms with Crippen LogP contribution in [0.5, 0.6) is 0 Å². The van der Waals surface area contributed by atoms with E-state index in [4.69, 9.17) is 11.6 Å². The van der Waals surface area contributed by atoms with Gasteiger partial charge >= 0.3 is 0 Å². The van der Waals surface area contributed by atoms with Crippen molar-refractivity contribution in [2.75, 3.05) is 22.1 Å². The number of carbonyl (C=O) groups is 3. The summed E-state index contributed by atoms with van der Waals surface area (Å²) >= 11 is 6.02. The van der Waals surface area contributed by atoms with Gasteiger partial charge in [-0.15, -0.1) is 0 Å². The smallest absolute Gasteiger partial charge is 0.248 e. The Morgan fingerprint density at radius 2 is 1.84 bits per heavy atom. The van der Waals surface area contributed by atoms with Crippen molar-refractivity contribution in [2.45, 2.75) is 19.4 Å². The van der Waals surface area contributed by atoms with Crippen LogP contribution in [-0.2, 0) is 14.4 Å².